The second-order valence-electron chi connectivity index (χ2n) is 17.7. The summed E-state index contributed by atoms with van der Waals surface area (Å²) in [5.41, 5.74) is -3.54. The van der Waals surface area contributed by atoms with Gasteiger partial charge in [0, 0.05) is 37.1 Å². The van der Waals surface area contributed by atoms with E-state index in [9.17, 15) is 46.7 Å². The van der Waals surface area contributed by atoms with Crippen LogP contribution in [0.5, 0.6) is 0 Å². The van der Waals surface area contributed by atoms with Crippen molar-refractivity contribution < 1.29 is 46.7 Å². The Bertz CT molecular complexity index is 1820. The van der Waals surface area contributed by atoms with Gasteiger partial charge in [-0.15, -0.1) is 0 Å². The smallest absolute Gasteiger partial charge is 0.354 e. The first kappa shape index (κ1) is 49.5. The Kier molecular flexibility index (Phi) is 16.5. The first-order valence-corrected chi connectivity index (χ1v) is 21.7. The van der Waals surface area contributed by atoms with Crippen LogP contribution in [-0.2, 0) is 40.0 Å². The summed E-state index contributed by atoms with van der Waals surface area (Å²) in [5, 5.41) is 13.9. The van der Waals surface area contributed by atoms with Crippen molar-refractivity contribution in [3.63, 3.8) is 0 Å². The third-order valence-corrected chi connectivity index (χ3v) is 12.6. The molecule has 7 amide bonds. The van der Waals surface area contributed by atoms with Crippen LogP contribution in [-0.4, -0.2) is 114 Å². The highest BCUT2D eigenvalue weighted by molar-refractivity contribution is 6.33. The van der Waals surface area contributed by atoms with Gasteiger partial charge in [0.1, 0.15) is 41.2 Å². The van der Waals surface area contributed by atoms with Crippen LogP contribution in [0.1, 0.15) is 104 Å². The molecule has 0 bridgehead atoms. The number of carbonyl (C=O) groups is 7. The van der Waals surface area contributed by atoms with Gasteiger partial charge < -0.3 is 36.4 Å². The zero-order chi connectivity index (χ0) is 45.6. The predicted molar refractivity (Wildman–Crippen MR) is 223 cm³/mol. The summed E-state index contributed by atoms with van der Waals surface area (Å²) in [7, 11) is 2.81. The Morgan fingerprint density at radius 3 is 2.18 bits per heavy atom. The Morgan fingerprint density at radius 1 is 0.951 bits per heavy atom. The number of carbonyl (C=O) groups excluding carboxylic acids is 7. The molecule has 5 N–H and O–H groups in total. The molecule has 0 radical (unpaired) electrons. The van der Waals surface area contributed by atoms with Crippen molar-refractivity contribution in [2.24, 2.45) is 17.3 Å². The van der Waals surface area contributed by atoms with E-state index < -0.39 is 88.7 Å². The summed E-state index contributed by atoms with van der Waals surface area (Å²) >= 11 is 12.8. The largest absolute Gasteiger partial charge is 0.403 e. The van der Waals surface area contributed by atoms with Gasteiger partial charge in [-0.1, -0.05) is 49.9 Å². The Labute approximate surface area is 365 Å². The van der Waals surface area contributed by atoms with Crippen molar-refractivity contribution in [2.75, 3.05) is 20.6 Å². The van der Waals surface area contributed by atoms with Crippen LogP contribution < -0.4 is 26.6 Å². The summed E-state index contributed by atoms with van der Waals surface area (Å²) < 4.78 is 42.2. The molecule has 2 saturated carbocycles. The topological polar surface area (TPSA) is 186 Å². The van der Waals surface area contributed by atoms with Crippen molar-refractivity contribution in [3.05, 3.63) is 33.8 Å². The van der Waals surface area contributed by atoms with Gasteiger partial charge in [0.15, 0.2) is 0 Å². The van der Waals surface area contributed by atoms with Gasteiger partial charge in [0.05, 0.1) is 0 Å². The molecule has 19 heteroatoms. The van der Waals surface area contributed by atoms with Crippen molar-refractivity contribution in [1.29, 1.82) is 0 Å². The van der Waals surface area contributed by atoms with Crippen molar-refractivity contribution in [1.82, 2.24) is 36.4 Å². The lowest BCUT2D eigenvalue weighted by Crippen LogP contribution is -2.62. The number of hydrogen-bond donors (Lipinski definition) is 5. The van der Waals surface area contributed by atoms with E-state index in [1.165, 1.54) is 44.7 Å². The number of likely N-dealkylation sites (N-methyl/N-ethyl adjacent to an activating group) is 2. The van der Waals surface area contributed by atoms with E-state index in [4.69, 9.17) is 23.2 Å². The molecule has 1 aliphatic heterocycles. The first-order chi connectivity index (χ1) is 28.4. The van der Waals surface area contributed by atoms with Crippen molar-refractivity contribution in [2.45, 2.75) is 147 Å². The molecule has 3 fully saturated rings. The van der Waals surface area contributed by atoms with E-state index in [1.807, 2.05) is 13.8 Å². The minimum absolute atomic E-state index is 0.0901. The van der Waals surface area contributed by atoms with E-state index in [0.29, 0.717) is 41.3 Å². The van der Waals surface area contributed by atoms with Crippen LogP contribution in [0.15, 0.2) is 18.2 Å². The molecule has 0 spiro atoms. The fourth-order valence-electron chi connectivity index (χ4n) is 7.99. The van der Waals surface area contributed by atoms with Gasteiger partial charge in [0.25, 0.3) is 0 Å². The zero-order valence-electron chi connectivity index (χ0n) is 35.9. The molecule has 0 unspecified atom stereocenters. The molecule has 1 aromatic rings. The van der Waals surface area contributed by atoms with E-state index in [0.717, 1.165) is 0 Å². The van der Waals surface area contributed by atoms with Crippen molar-refractivity contribution in [3.8, 4) is 0 Å². The number of benzene rings is 1. The van der Waals surface area contributed by atoms with Gasteiger partial charge in [-0.3, -0.25) is 33.6 Å². The third-order valence-electron chi connectivity index (χ3n) is 12.0. The van der Waals surface area contributed by atoms with Crippen molar-refractivity contribution >= 4 is 64.6 Å². The molecule has 1 aromatic carbocycles. The monoisotopic (exact) mass is 901 g/mol. The summed E-state index contributed by atoms with van der Waals surface area (Å²) in [6, 6.07) is -1.41. The van der Waals surface area contributed by atoms with Crippen LogP contribution in [0.3, 0.4) is 0 Å². The maximum atomic E-state index is 14.5. The number of halogens is 5. The lowest BCUT2D eigenvalue weighted by Gasteiger charge is -2.36. The molecule has 3 aliphatic rings. The molecule has 1 saturated heterocycles. The number of nitrogens with zero attached hydrogens (tertiary/aromatic N) is 2. The predicted octanol–water partition coefficient (Wildman–Crippen LogP) is 4.44. The molecule has 14 nitrogen and oxygen atoms in total. The molecule has 61 heavy (non-hydrogen) atoms. The van der Waals surface area contributed by atoms with E-state index in [2.05, 4.69) is 26.6 Å². The lowest BCUT2D eigenvalue weighted by molar-refractivity contribution is -0.220. The highest BCUT2D eigenvalue weighted by atomic mass is 35.5. The minimum atomic E-state index is -4.80. The quantitative estimate of drug-likeness (QED) is 0.217. The van der Waals surface area contributed by atoms with E-state index in [-0.39, 0.29) is 63.3 Å². The fraction of sp³-hybridized carbons (Fsp3) is 0.690. The number of hydrogen-bond acceptors (Lipinski definition) is 7. The Balaban J connectivity index is 1.61. The SMILES string of the molecule is CC(C)C[C@@H]1NC(=O)[C@@H](N(C)C(=O)[C@@H](NC(=O)[C@H](C)NC(=O)C2(C(F)(F)F)CCCC2)C2CC2)CCCCNC(=O)C(C)(C)NC(=O)[C@H](Cc2cc(Cl)ccc2Cl)N(C)C1=O. The highest BCUT2D eigenvalue weighted by Crippen LogP contribution is 2.50. The summed E-state index contributed by atoms with van der Waals surface area (Å²) in [6.07, 6.45) is -3.15. The first-order valence-electron chi connectivity index (χ1n) is 21.0. The molecular formula is C42H60Cl2F3N7O7. The Morgan fingerprint density at radius 2 is 1.59 bits per heavy atom. The Hall–Kier alpha value is -4.12. The normalized spacial score (nSPS) is 24.0. The molecule has 340 valence electrons. The molecule has 0 aromatic heterocycles. The van der Waals surface area contributed by atoms with Crippen LogP contribution in [0, 0.1) is 17.3 Å². The second kappa shape index (κ2) is 20.4. The number of amides is 7. The van der Waals surface area contributed by atoms with Gasteiger partial charge in [-0.25, -0.2) is 0 Å². The maximum absolute atomic E-state index is 14.5. The standard InChI is InChI=1S/C42H60Cl2F3N7O7/c1-23(2)20-29-36(58)54(7)31(22-26-21-27(43)15-16-28(26)44)35(57)52-40(4,5)38(60)48-19-11-8-12-30(34(56)50-29)53(6)37(59)32(25-13-14-25)51-33(55)24(3)49-39(61)41(42(45,46)47)17-9-10-18-41/h15-16,21,23-25,29-32H,8-14,17-20,22H2,1-7H3,(H,48,60)(H,49,61)(H,50,56)(H,51,55)(H,52,57)/t24-,29-,30-,31-,32-/m0/s1. The molecular weight excluding hydrogens is 842 g/mol. The fourth-order valence-corrected chi connectivity index (χ4v) is 8.38. The summed E-state index contributed by atoms with van der Waals surface area (Å²) in [4.78, 5) is 99.4. The third kappa shape index (κ3) is 12.3. The average Bonchev–Trinajstić information content (AvgIpc) is 3.88. The average molecular weight is 903 g/mol. The van der Waals surface area contributed by atoms with Gasteiger partial charge in [-0.2, -0.15) is 13.2 Å². The van der Waals surface area contributed by atoms with Crippen LogP contribution in [0.25, 0.3) is 0 Å². The summed E-state index contributed by atoms with van der Waals surface area (Å²) in [6.45, 7) is 8.19. The maximum Gasteiger partial charge on any atom is 0.403 e. The summed E-state index contributed by atoms with van der Waals surface area (Å²) in [5.74, 6) is -5.67. The number of nitrogens with one attached hydrogen (secondary N) is 5. The zero-order valence-corrected chi connectivity index (χ0v) is 37.4. The van der Waals surface area contributed by atoms with E-state index >= 15 is 0 Å². The van der Waals surface area contributed by atoms with Gasteiger partial charge in [0.2, 0.25) is 41.4 Å². The van der Waals surface area contributed by atoms with Gasteiger partial charge >= 0.3 is 6.18 Å². The van der Waals surface area contributed by atoms with Crippen LogP contribution in [0.4, 0.5) is 13.2 Å². The molecule has 2 aliphatic carbocycles. The van der Waals surface area contributed by atoms with E-state index in [1.54, 1.807) is 18.2 Å². The number of rotatable bonds is 11. The van der Waals surface area contributed by atoms with Crippen LogP contribution >= 0.6 is 23.2 Å². The molecule has 4 rings (SSSR count). The van der Waals surface area contributed by atoms with Gasteiger partial charge in [-0.05, 0) is 108 Å². The number of alkyl halides is 3. The highest BCUT2D eigenvalue weighted by Gasteiger charge is 2.61. The second-order valence-corrected chi connectivity index (χ2v) is 18.6. The lowest BCUT2D eigenvalue weighted by atomic mass is 9.84. The molecule has 1 heterocycles. The van der Waals surface area contributed by atoms with Crippen LogP contribution in [0.2, 0.25) is 10.0 Å². The molecule has 5 atom stereocenters. The minimum Gasteiger partial charge on any atom is -0.354 e.